The molecule has 24 heavy (non-hydrogen) atoms. The Morgan fingerprint density at radius 2 is 1.88 bits per heavy atom. The maximum Gasteiger partial charge on any atom is 0.310 e. The van der Waals surface area contributed by atoms with Crippen molar-refractivity contribution >= 4 is 11.9 Å². The van der Waals surface area contributed by atoms with Crippen LogP contribution < -0.4 is 9.47 Å². The monoisotopic (exact) mass is 335 g/mol. The van der Waals surface area contributed by atoms with Crippen LogP contribution >= 0.6 is 0 Å². The number of methoxy groups -OCH3 is 2. The molecule has 1 amide bonds. The van der Waals surface area contributed by atoms with E-state index in [1.165, 1.54) is 7.11 Å². The Morgan fingerprint density at radius 3 is 2.42 bits per heavy atom. The summed E-state index contributed by atoms with van der Waals surface area (Å²) in [5.41, 5.74) is 0.524. The highest BCUT2D eigenvalue weighted by Gasteiger charge is 2.35. The maximum absolute atomic E-state index is 12.9. The predicted molar refractivity (Wildman–Crippen MR) is 89.4 cm³/mol. The van der Waals surface area contributed by atoms with Crippen LogP contribution in [0, 0.1) is 5.92 Å². The van der Waals surface area contributed by atoms with Gasteiger partial charge in [0.05, 0.1) is 26.7 Å². The first-order valence-corrected chi connectivity index (χ1v) is 8.21. The summed E-state index contributed by atoms with van der Waals surface area (Å²) >= 11 is 0. The van der Waals surface area contributed by atoms with Gasteiger partial charge in [-0.2, -0.15) is 0 Å². The zero-order valence-corrected chi connectivity index (χ0v) is 14.7. The van der Waals surface area contributed by atoms with Crippen LogP contribution in [-0.4, -0.2) is 50.2 Å². The molecule has 0 aliphatic heterocycles. The van der Waals surface area contributed by atoms with E-state index >= 15 is 0 Å². The zero-order valence-electron chi connectivity index (χ0n) is 14.7. The molecule has 0 bridgehead atoms. The van der Waals surface area contributed by atoms with Gasteiger partial charge >= 0.3 is 5.97 Å². The lowest BCUT2D eigenvalue weighted by Gasteiger charge is -2.25. The summed E-state index contributed by atoms with van der Waals surface area (Å²) in [6.45, 7) is 4.26. The molecule has 1 fully saturated rings. The molecule has 1 aromatic rings. The van der Waals surface area contributed by atoms with Crippen molar-refractivity contribution in [2.75, 3.05) is 27.4 Å². The van der Waals surface area contributed by atoms with E-state index in [0.29, 0.717) is 30.2 Å². The Bertz CT molecular complexity index is 597. The summed E-state index contributed by atoms with van der Waals surface area (Å²) in [6, 6.07) is 5.30. The van der Waals surface area contributed by atoms with E-state index < -0.39 is 0 Å². The fourth-order valence-corrected chi connectivity index (χ4v) is 2.57. The third kappa shape index (κ3) is 4.19. The number of carbonyl (C=O) groups excluding carboxylic acids is 2. The number of benzene rings is 1. The van der Waals surface area contributed by atoms with Gasteiger partial charge in [0.25, 0.3) is 5.91 Å². The lowest BCUT2D eigenvalue weighted by atomic mass is 10.1. The van der Waals surface area contributed by atoms with Gasteiger partial charge in [-0.3, -0.25) is 9.59 Å². The summed E-state index contributed by atoms with van der Waals surface area (Å²) in [5.74, 6) is 0.358. The van der Waals surface area contributed by atoms with Crippen LogP contribution in [0.1, 0.15) is 37.0 Å². The van der Waals surface area contributed by atoms with Gasteiger partial charge in [-0.25, -0.2) is 0 Å². The molecule has 1 atom stereocenters. The van der Waals surface area contributed by atoms with Crippen LogP contribution in [-0.2, 0) is 9.53 Å². The molecule has 1 saturated carbocycles. The van der Waals surface area contributed by atoms with Gasteiger partial charge in [-0.05, 0) is 38.0 Å². The molecular weight excluding hydrogens is 310 g/mol. The molecule has 0 aromatic heterocycles. The van der Waals surface area contributed by atoms with E-state index in [4.69, 9.17) is 14.2 Å². The molecule has 1 aliphatic carbocycles. The van der Waals surface area contributed by atoms with Gasteiger partial charge in [0.2, 0.25) is 0 Å². The molecule has 1 aliphatic rings. The van der Waals surface area contributed by atoms with Crippen LogP contribution in [0.15, 0.2) is 18.2 Å². The van der Waals surface area contributed by atoms with E-state index in [1.807, 2.05) is 0 Å². The molecule has 2 rings (SSSR count). The van der Waals surface area contributed by atoms with Gasteiger partial charge in [0.15, 0.2) is 11.5 Å². The van der Waals surface area contributed by atoms with Crippen LogP contribution in [0.5, 0.6) is 11.5 Å². The van der Waals surface area contributed by atoms with Gasteiger partial charge in [0, 0.05) is 18.2 Å². The number of esters is 1. The molecular formula is C18H25NO5. The van der Waals surface area contributed by atoms with E-state index in [-0.39, 0.29) is 23.8 Å². The van der Waals surface area contributed by atoms with Crippen LogP contribution in [0.25, 0.3) is 0 Å². The molecule has 0 N–H and O–H groups in total. The van der Waals surface area contributed by atoms with E-state index in [9.17, 15) is 9.59 Å². The smallest absolute Gasteiger partial charge is 0.310 e. The Balaban J connectivity index is 2.16. The number of ether oxygens (including phenoxy) is 3. The third-order valence-corrected chi connectivity index (χ3v) is 4.04. The van der Waals surface area contributed by atoms with Gasteiger partial charge < -0.3 is 19.1 Å². The summed E-state index contributed by atoms with van der Waals surface area (Å²) in [7, 11) is 3.09. The second-order valence-corrected chi connectivity index (χ2v) is 5.91. The summed E-state index contributed by atoms with van der Waals surface area (Å²) in [6.07, 6.45) is 1.93. The number of hydrogen-bond acceptors (Lipinski definition) is 5. The number of rotatable bonds is 8. The van der Waals surface area contributed by atoms with Gasteiger partial charge in [-0.1, -0.05) is 6.92 Å². The SMILES string of the molecule is CCOC(=O)C(C)CN(C(=O)c1ccc(OC)c(OC)c1)C1CC1. The predicted octanol–water partition coefficient (Wildman–Crippen LogP) is 2.51. The summed E-state index contributed by atoms with van der Waals surface area (Å²) < 4.78 is 15.5. The van der Waals surface area contributed by atoms with Crippen molar-refractivity contribution in [3.63, 3.8) is 0 Å². The lowest BCUT2D eigenvalue weighted by molar-refractivity contribution is -0.147. The molecule has 0 radical (unpaired) electrons. The molecule has 0 spiro atoms. The van der Waals surface area contributed by atoms with Crippen molar-refractivity contribution in [2.45, 2.75) is 32.7 Å². The van der Waals surface area contributed by atoms with E-state index in [1.54, 1.807) is 44.1 Å². The Hall–Kier alpha value is -2.24. The summed E-state index contributed by atoms with van der Waals surface area (Å²) in [5, 5.41) is 0. The van der Waals surface area contributed by atoms with Gasteiger partial charge in [0.1, 0.15) is 0 Å². The highest BCUT2D eigenvalue weighted by atomic mass is 16.5. The molecule has 0 heterocycles. The summed E-state index contributed by atoms with van der Waals surface area (Å²) in [4.78, 5) is 26.5. The highest BCUT2D eigenvalue weighted by Crippen LogP contribution is 2.32. The quantitative estimate of drug-likeness (QED) is 0.683. The molecule has 1 unspecified atom stereocenters. The Labute approximate surface area is 142 Å². The normalized spacial score (nSPS) is 14.7. The first-order valence-electron chi connectivity index (χ1n) is 8.21. The topological polar surface area (TPSA) is 65.1 Å². The van der Waals surface area contributed by atoms with E-state index in [2.05, 4.69) is 0 Å². The minimum absolute atomic E-state index is 0.102. The third-order valence-electron chi connectivity index (χ3n) is 4.04. The number of hydrogen-bond donors (Lipinski definition) is 0. The van der Waals surface area contributed by atoms with Crippen molar-refractivity contribution in [3.05, 3.63) is 23.8 Å². The van der Waals surface area contributed by atoms with Crippen molar-refractivity contribution in [1.29, 1.82) is 0 Å². The van der Waals surface area contributed by atoms with E-state index in [0.717, 1.165) is 12.8 Å². The first kappa shape index (κ1) is 18.1. The average Bonchev–Trinajstić information content (AvgIpc) is 3.43. The zero-order chi connectivity index (χ0) is 17.7. The number of nitrogens with zero attached hydrogens (tertiary/aromatic N) is 1. The Kier molecular flexibility index (Phi) is 6.06. The minimum Gasteiger partial charge on any atom is -0.493 e. The second kappa shape index (κ2) is 8.04. The van der Waals surface area contributed by atoms with Gasteiger partial charge in [-0.15, -0.1) is 0 Å². The highest BCUT2D eigenvalue weighted by molar-refractivity contribution is 5.95. The second-order valence-electron chi connectivity index (χ2n) is 5.91. The average molecular weight is 335 g/mol. The molecule has 6 heteroatoms. The van der Waals surface area contributed by atoms with Crippen molar-refractivity contribution in [2.24, 2.45) is 5.92 Å². The first-order chi connectivity index (χ1) is 11.5. The standard InChI is InChI=1S/C18H25NO5/c1-5-24-18(21)12(2)11-19(14-7-8-14)17(20)13-6-9-15(22-3)16(10-13)23-4/h6,9-10,12,14H,5,7-8,11H2,1-4H3. The molecule has 0 saturated heterocycles. The fraction of sp³-hybridized carbons (Fsp3) is 0.556. The number of carbonyl (C=O) groups is 2. The Morgan fingerprint density at radius 1 is 1.21 bits per heavy atom. The van der Waals surface area contributed by atoms with Crippen LogP contribution in [0.2, 0.25) is 0 Å². The molecule has 132 valence electrons. The molecule has 1 aromatic carbocycles. The maximum atomic E-state index is 12.9. The number of amides is 1. The lowest BCUT2D eigenvalue weighted by Crippen LogP contribution is -2.39. The van der Waals surface area contributed by atoms with Crippen LogP contribution in [0.4, 0.5) is 0 Å². The minimum atomic E-state index is -0.352. The van der Waals surface area contributed by atoms with Crippen molar-refractivity contribution in [3.8, 4) is 11.5 Å². The van der Waals surface area contributed by atoms with Crippen molar-refractivity contribution < 1.29 is 23.8 Å². The van der Waals surface area contributed by atoms with Crippen LogP contribution in [0.3, 0.4) is 0 Å². The van der Waals surface area contributed by atoms with Crippen molar-refractivity contribution in [1.82, 2.24) is 4.90 Å². The fourth-order valence-electron chi connectivity index (χ4n) is 2.57. The molecule has 6 nitrogen and oxygen atoms in total. The largest absolute Gasteiger partial charge is 0.493 e.